The Morgan fingerprint density at radius 1 is 0.913 bits per heavy atom. The predicted molar refractivity (Wildman–Crippen MR) is 90.9 cm³/mol. The zero-order valence-electron chi connectivity index (χ0n) is 13.4. The summed E-state index contributed by atoms with van der Waals surface area (Å²) in [5.41, 5.74) is 2.54. The van der Waals surface area contributed by atoms with Gasteiger partial charge in [0.15, 0.2) is 0 Å². The van der Waals surface area contributed by atoms with Gasteiger partial charge in [0, 0.05) is 26.1 Å². The van der Waals surface area contributed by atoms with E-state index in [0.717, 1.165) is 19.6 Å². The lowest BCUT2D eigenvalue weighted by Gasteiger charge is -2.29. The van der Waals surface area contributed by atoms with Crippen LogP contribution in [0.4, 0.5) is 0 Å². The van der Waals surface area contributed by atoms with Gasteiger partial charge in [-0.2, -0.15) is 0 Å². The summed E-state index contributed by atoms with van der Waals surface area (Å²) in [6.07, 6.45) is 0.551. The molecule has 1 fully saturated rings. The second-order valence-electron chi connectivity index (χ2n) is 6.13. The largest absolute Gasteiger partial charge is 0.380 e. The fourth-order valence-electron chi connectivity index (χ4n) is 3.03. The van der Waals surface area contributed by atoms with Crippen LogP contribution >= 0.6 is 0 Å². The molecular formula is C20H23NO2. The summed E-state index contributed by atoms with van der Waals surface area (Å²) in [5.74, 6) is 0.332. The first-order valence-electron chi connectivity index (χ1n) is 8.22. The van der Waals surface area contributed by atoms with Crippen LogP contribution in [-0.2, 0) is 22.6 Å². The summed E-state index contributed by atoms with van der Waals surface area (Å²) in [7, 11) is 0. The van der Waals surface area contributed by atoms with E-state index >= 15 is 0 Å². The first kappa shape index (κ1) is 15.9. The van der Waals surface area contributed by atoms with E-state index in [9.17, 15) is 4.79 Å². The van der Waals surface area contributed by atoms with Crippen LogP contribution in [0.15, 0.2) is 60.7 Å². The molecule has 0 aliphatic carbocycles. The van der Waals surface area contributed by atoms with Crippen LogP contribution < -0.4 is 0 Å². The molecule has 0 saturated carbocycles. The number of ketones is 1. The van der Waals surface area contributed by atoms with Crippen LogP contribution in [0.2, 0.25) is 0 Å². The molecule has 120 valence electrons. The average Bonchev–Trinajstić information content (AvgIpc) is 2.59. The van der Waals surface area contributed by atoms with Gasteiger partial charge in [-0.05, 0) is 11.1 Å². The highest BCUT2D eigenvalue weighted by Crippen LogP contribution is 2.16. The Balaban J connectivity index is 1.71. The van der Waals surface area contributed by atoms with E-state index in [2.05, 4.69) is 53.4 Å². The van der Waals surface area contributed by atoms with Crippen molar-refractivity contribution in [2.45, 2.75) is 19.5 Å². The van der Waals surface area contributed by atoms with Gasteiger partial charge >= 0.3 is 0 Å². The van der Waals surface area contributed by atoms with Crippen LogP contribution in [0.3, 0.4) is 0 Å². The maximum absolute atomic E-state index is 12.1. The second-order valence-corrected chi connectivity index (χ2v) is 6.13. The van der Waals surface area contributed by atoms with E-state index in [1.807, 2.05) is 12.1 Å². The van der Waals surface area contributed by atoms with Gasteiger partial charge in [0.05, 0.1) is 19.1 Å². The van der Waals surface area contributed by atoms with Crippen LogP contribution in [-0.4, -0.2) is 30.4 Å². The minimum Gasteiger partial charge on any atom is -0.380 e. The monoisotopic (exact) mass is 309 g/mol. The van der Waals surface area contributed by atoms with Crippen LogP contribution in [0.5, 0.6) is 0 Å². The van der Waals surface area contributed by atoms with Crippen LogP contribution in [0, 0.1) is 5.92 Å². The molecule has 2 aromatic carbocycles. The van der Waals surface area contributed by atoms with Gasteiger partial charge in [0.1, 0.15) is 5.78 Å². The first-order valence-corrected chi connectivity index (χ1v) is 8.22. The Morgan fingerprint density at radius 2 is 1.48 bits per heavy atom. The molecule has 0 N–H and O–H groups in total. The third-order valence-corrected chi connectivity index (χ3v) is 4.24. The number of carbonyl (C=O) groups excluding carboxylic acids is 1. The Kier molecular flexibility index (Phi) is 5.56. The minimum atomic E-state index is -0.00354. The molecule has 3 rings (SSSR count). The summed E-state index contributed by atoms with van der Waals surface area (Å²) in [5, 5.41) is 0. The maximum Gasteiger partial charge on any atom is 0.141 e. The molecule has 3 heteroatoms. The molecule has 1 heterocycles. The Morgan fingerprint density at radius 3 is 2.00 bits per heavy atom. The highest BCUT2D eigenvalue weighted by Gasteiger charge is 2.25. The summed E-state index contributed by atoms with van der Waals surface area (Å²) in [4.78, 5) is 14.5. The van der Waals surface area contributed by atoms with Gasteiger partial charge < -0.3 is 4.74 Å². The normalized spacial score (nSPS) is 18.3. The third-order valence-electron chi connectivity index (χ3n) is 4.24. The number of hydrogen-bond acceptors (Lipinski definition) is 3. The van der Waals surface area contributed by atoms with E-state index in [1.165, 1.54) is 11.1 Å². The fourth-order valence-corrected chi connectivity index (χ4v) is 3.03. The van der Waals surface area contributed by atoms with Crippen molar-refractivity contribution in [3.8, 4) is 0 Å². The molecule has 1 aliphatic heterocycles. The van der Waals surface area contributed by atoms with Crippen molar-refractivity contribution < 1.29 is 9.53 Å². The number of Topliss-reactive ketones (excluding diaryl/α,β-unsaturated/α-hetero) is 1. The predicted octanol–water partition coefficient (Wildman–Crippen LogP) is 3.29. The van der Waals surface area contributed by atoms with E-state index < -0.39 is 0 Å². The van der Waals surface area contributed by atoms with Gasteiger partial charge in [-0.15, -0.1) is 0 Å². The maximum atomic E-state index is 12.1. The highest BCUT2D eigenvalue weighted by atomic mass is 16.5. The van der Waals surface area contributed by atoms with Crippen molar-refractivity contribution in [2.75, 3.05) is 19.8 Å². The summed E-state index contributed by atoms with van der Waals surface area (Å²) < 4.78 is 5.51. The lowest BCUT2D eigenvalue weighted by molar-refractivity contribution is -0.131. The van der Waals surface area contributed by atoms with Crippen molar-refractivity contribution in [3.63, 3.8) is 0 Å². The van der Waals surface area contributed by atoms with Crippen molar-refractivity contribution >= 4 is 5.78 Å². The highest BCUT2D eigenvalue weighted by molar-refractivity contribution is 5.82. The zero-order chi connectivity index (χ0) is 15.9. The van der Waals surface area contributed by atoms with E-state index in [-0.39, 0.29) is 5.92 Å². The van der Waals surface area contributed by atoms with Crippen LogP contribution in [0.1, 0.15) is 17.5 Å². The molecule has 0 spiro atoms. The Bertz CT molecular complexity index is 571. The minimum absolute atomic E-state index is 0.00354. The Hall–Kier alpha value is -1.97. The van der Waals surface area contributed by atoms with Crippen molar-refractivity contribution in [2.24, 2.45) is 5.92 Å². The standard InChI is InChI=1S/C20H23NO2/c22-20-11-12-23-16-19(20)15-21(13-17-7-3-1-4-8-17)14-18-9-5-2-6-10-18/h1-10,19H,11-16H2. The smallest absolute Gasteiger partial charge is 0.141 e. The van der Waals surface area contributed by atoms with Gasteiger partial charge in [-0.25, -0.2) is 0 Å². The molecule has 1 saturated heterocycles. The number of carbonyl (C=O) groups is 1. The lowest BCUT2D eigenvalue weighted by Crippen LogP contribution is -2.38. The molecular weight excluding hydrogens is 286 g/mol. The molecule has 0 amide bonds. The number of ether oxygens (including phenoxy) is 1. The fraction of sp³-hybridized carbons (Fsp3) is 0.350. The molecule has 1 aliphatic rings. The molecule has 1 unspecified atom stereocenters. The van der Waals surface area contributed by atoms with Crippen molar-refractivity contribution in [3.05, 3.63) is 71.8 Å². The molecule has 0 radical (unpaired) electrons. The first-order chi connectivity index (χ1) is 11.3. The number of nitrogens with zero attached hydrogens (tertiary/aromatic N) is 1. The van der Waals surface area contributed by atoms with Gasteiger partial charge in [0.25, 0.3) is 0 Å². The summed E-state index contributed by atoms with van der Waals surface area (Å²) >= 11 is 0. The molecule has 1 atom stereocenters. The van der Waals surface area contributed by atoms with Crippen LogP contribution in [0.25, 0.3) is 0 Å². The zero-order valence-corrected chi connectivity index (χ0v) is 13.4. The molecule has 0 bridgehead atoms. The van der Waals surface area contributed by atoms with Crippen molar-refractivity contribution in [1.29, 1.82) is 0 Å². The number of rotatable bonds is 6. The quantitative estimate of drug-likeness (QED) is 0.820. The van der Waals surface area contributed by atoms with E-state index in [4.69, 9.17) is 4.74 Å². The Labute approximate surface area is 137 Å². The average molecular weight is 309 g/mol. The summed E-state index contributed by atoms with van der Waals surface area (Å²) in [6.45, 7) is 3.58. The van der Waals surface area contributed by atoms with Gasteiger partial charge in [0.2, 0.25) is 0 Å². The SMILES string of the molecule is O=C1CCOCC1CN(Cc1ccccc1)Cc1ccccc1. The third kappa shape index (κ3) is 4.75. The topological polar surface area (TPSA) is 29.5 Å². The molecule has 3 nitrogen and oxygen atoms in total. The van der Waals surface area contributed by atoms with E-state index in [1.54, 1.807) is 0 Å². The van der Waals surface area contributed by atoms with E-state index in [0.29, 0.717) is 25.4 Å². The molecule has 2 aromatic rings. The lowest BCUT2D eigenvalue weighted by atomic mass is 9.99. The number of hydrogen-bond donors (Lipinski definition) is 0. The van der Waals surface area contributed by atoms with Gasteiger partial charge in [-0.3, -0.25) is 9.69 Å². The second kappa shape index (κ2) is 8.04. The number of benzene rings is 2. The molecule has 23 heavy (non-hydrogen) atoms. The van der Waals surface area contributed by atoms with Crippen molar-refractivity contribution in [1.82, 2.24) is 4.90 Å². The van der Waals surface area contributed by atoms with Gasteiger partial charge in [-0.1, -0.05) is 60.7 Å². The molecule has 0 aromatic heterocycles. The summed E-state index contributed by atoms with van der Waals surface area (Å²) in [6, 6.07) is 20.8.